The van der Waals surface area contributed by atoms with E-state index in [0.717, 1.165) is 44.0 Å². The summed E-state index contributed by atoms with van der Waals surface area (Å²) in [6.07, 6.45) is 0. The average Bonchev–Trinajstić information content (AvgIpc) is 2.79. The van der Waals surface area contributed by atoms with Gasteiger partial charge in [0.25, 0.3) is 5.91 Å². The molecule has 1 saturated heterocycles. The van der Waals surface area contributed by atoms with Crippen LogP contribution in [0.5, 0.6) is 0 Å². The minimum atomic E-state index is -0.199. The van der Waals surface area contributed by atoms with Crippen LogP contribution in [0.25, 0.3) is 0 Å². The minimum absolute atomic E-state index is 0.0547. The number of aryl methyl sites for hydroxylation is 1. The van der Waals surface area contributed by atoms with Gasteiger partial charge >= 0.3 is 0 Å². The van der Waals surface area contributed by atoms with Gasteiger partial charge in [0.1, 0.15) is 5.82 Å². The molecule has 0 spiro atoms. The lowest BCUT2D eigenvalue weighted by molar-refractivity contribution is 0.0951. The van der Waals surface area contributed by atoms with Gasteiger partial charge in [0.05, 0.1) is 0 Å². The molecule has 1 heterocycles. The second-order valence-electron chi connectivity index (χ2n) is 8.11. The summed E-state index contributed by atoms with van der Waals surface area (Å²) in [5.41, 5.74) is 5.24. The van der Waals surface area contributed by atoms with Crippen molar-refractivity contribution in [1.82, 2.24) is 10.2 Å². The van der Waals surface area contributed by atoms with Crippen LogP contribution in [0.15, 0.2) is 72.8 Å². The van der Waals surface area contributed by atoms with Crippen molar-refractivity contribution in [2.75, 3.05) is 31.1 Å². The van der Waals surface area contributed by atoms with Crippen LogP contribution in [-0.4, -0.2) is 37.0 Å². The number of anilines is 1. The van der Waals surface area contributed by atoms with E-state index in [2.05, 4.69) is 21.2 Å². The van der Waals surface area contributed by atoms with Crippen LogP contribution < -0.4 is 10.2 Å². The molecule has 160 valence electrons. The molecule has 0 aliphatic carbocycles. The Labute approximate surface area is 183 Å². The Hall–Kier alpha value is -3.18. The normalized spacial score (nSPS) is 14.5. The highest BCUT2D eigenvalue weighted by molar-refractivity contribution is 5.94. The van der Waals surface area contributed by atoms with Gasteiger partial charge in [-0.05, 0) is 54.4 Å². The van der Waals surface area contributed by atoms with E-state index in [-0.39, 0.29) is 11.7 Å². The fourth-order valence-corrected chi connectivity index (χ4v) is 3.94. The highest BCUT2D eigenvalue weighted by atomic mass is 19.1. The van der Waals surface area contributed by atoms with E-state index >= 15 is 0 Å². The minimum Gasteiger partial charge on any atom is -0.369 e. The van der Waals surface area contributed by atoms with Gasteiger partial charge in [-0.15, -0.1) is 0 Å². The largest absolute Gasteiger partial charge is 0.369 e. The Balaban J connectivity index is 1.26. The number of piperazine rings is 1. The maximum absolute atomic E-state index is 13.1. The van der Waals surface area contributed by atoms with E-state index in [1.54, 1.807) is 0 Å². The lowest BCUT2D eigenvalue weighted by atomic mass is 10.1. The summed E-state index contributed by atoms with van der Waals surface area (Å²) in [5.74, 6) is -0.254. The number of amides is 1. The van der Waals surface area contributed by atoms with Crippen LogP contribution in [0.3, 0.4) is 0 Å². The molecule has 0 radical (unpaired) electrons. The number of rotatable bonds is 6. The SMILES string of the molecule is Cc1cccc(CNC(=O)c2ccc(CN3CCN(c4ccc(F)cc4)CC3)cc2)c1. The number of hydrogen-bond donors (Lipinski definition) is 1. The molecule has 0 aromatic heterocycles. The molecule has 1 aliphatic rings. The van der Waals surface area contributed by atoms with Gasteiger partial charge in [0.2, 0.25) is 0 Å². The Kier molecular flexibility index (Phi) is 6.63. The molecule has 1 amide bonds. The first-order chi connectivity index (χ1) is 15.1. The molecule has 0 atom stereocenters. The highest BCUT2D eigenvalue weighted by Gasteiger charge is 2.17. The molecule has 1 N–H and O–H groups in total. The second kappa shape index (κ2) is 9.75. The predicted molar refractivity (Wildman–Crippen MR) is 123 cm³/mol. The second-order valence-corrected chi connectivity index (χ2v) is 8.11. The standard InChI is InChI=1S/C26H28FN3O/c1-20-3-2-4-22(17-20)18-28-26(31)23-7-5-21(6-8-23)19-29-13-15-30(16-14-29)25-11-9-24(27)10-12-25/h2-12,17H,13-16,18-19H2,1H3,(H,28,31). The Morgan fingerprint density at radius 1 is 0.903 bits per heavy atom. The van der Waals surface area contributed by atoms with Gasteiger partial charge in [0, 0.05) is 50.5 Å². The fraction of sp³-hybridized carbons (Fsp3) is 0.269. The van der Waals surface area contributed by atoms with Crippen molar-refractivity contribution in [1.29, 1.82) is 0 Å². The number of halogens is 1. The van der Waals surface area contributed by atoms with Crippen molar-refractivity contribution in [3.63, 3.8) is 0 Å². The van der Waals surface area contributed by atoms with E-state index in [4.69, 9.17) is 0 Å². The monoisotopic (exact) mass is 417 g/mol. The summed E-state index contributed by atoms with van der Waals surface area (Å²) in [7, 11) is 0. The van der Waals surface area contributed by atoms with Gasteiger partial charge < -0.3 is 10.2 Å². The van der Waals surface area contributed by atoms with E-state index in [1.807, 2.05) is 61.5 Å². The molecule has 3 aromatic carbocycles. The first-order valence-corrected chi connectivity index (χ1v) is 10.7. The molecule has 0 saturated carbocycles. The third-order valence-electron chi connectivity index (χ3n) is 5.72. The summed E-state index contributed by atoms with van der Waals surface area (Å²) in [5, 5.41) is 2.99. The molecular formula is C26H28FN3O. The molecule has 3 aromatic rings. The van der Waals surface area contributed by atoms with Crippen molar-refractivity contribution in [2.24, 2.45) is 0 Å². The summed E-state index contributed by atoms with van der Waals surface area (Å²) >= 11 is 0. The number of carbonyl (C=O) groups excluding carboxylic acids is 1. The maximum Gasteiger partial charge on any atom is 0.251 e. The first kappa shape index (κ1) is 21.1. The molecule has 31 heavy (non-hydrogen) atoms. The summed E-state index contributed by atoms with van der Waals surface area (Å²) in [4.78, 5) is 17.1. The van der Waals surface area contributed by atoms with Crippen LogP contribution in [0.2, 0.25) is 0 Å². The van der Waals surface area contributed by atoms with Gasteiger partial charge in [-0.2, -0.15) is 0 Å². The van der Waals surface area contributed by atoms with Gasteiger partial charge in [-0.3, -0.25) is 9.69 Å². The molecule has 0 bridgehead atoms. The number of nitrogens with zero attached hydrogens (tertiary/aromatic N) is 2. The lowest BCUT2D eigenvalue weighted by Gasteiger charge is -2.36. The summed E-state index contributed by atoms with van der Waals surface area (Å²) in [6.45, 7) is 7.19. The van der Waals surface area contributed by atoms with E-state index < -0.39 is 0 Å². The van der Waals surface area contributed by atoms with E-state index in [9.17, 15) is 9.18 Å². The zero-order valence-corrected chi connectivity index (χ0v) is 17.9. The van der Waals surface area contributed by atoms with Crippen molar-refractivity contribution < 1.29 is 9.18 Å². The molecule has 1 fully saturated rings. The number of nitrogens with one attached hydrogen (secondary N) is 1. The topological polar surface area (TPSA) is 35.6 Å². The quantitative estimate of drug-likeness (QED) is 0.646. The average molecular weight is 418 g/mol. The molecular weight excluding hydrogens is 389 g/mol. The van der Waals surface area contributed by atoms with Crippen LogP contribution in [0.1, 0.15) is 27.0 Å². The van der Waals surface area contributed by atoms with Crippen molar-refractivity contribution in [2.45, 2.75) is 20.0 Å². The van der Waals surface area contributed by atoms with Crippen LogP contribution >= 0.6 is 0 Å². The molecule has 5 heteroatoms. The van der Waals surface area contributed by atoms with Crippen molar-refractivity contribution in [3.8, 4) is 0 Å². The zero-order chi connectivity index (χ0) is 21.6. The molecule has 4 nitrogen and oxygen atoms in total. The Morgan fingerprint density at radius 2 is 1.61 bits per heavy atom. The molecule has 4 rings (SSSR count). The lowest BCUT2D eigenvalue weighted by Crippen LogP contribution is -2.45. The third kappa shape index (κ3) is 5.70. The first-order valence-electron chi connectivity index (χ1n) is 10.7. The van der Waals surface area contributed by atoms with Crippen LogP contribution in [0.4, 0.5) is 10.1 Å². The fourth-order valence-electron chi connectivity index (χ4n) is 3.94. The smallest absolute Gasteiger partial charge is 0.251 e. The van der Waals surface area contributed by atoms with Gasteiger partial charge in [-0.1, -0.05) is 42.0 Å². The highest BCUT2D eigenvalue weighted by Crippen LogP contribution is 2.18. The maximum atomic E-state index is 13.1. The summed E-state index contributed by atoms with van der Waals surface area (Å²) in [6, 6.07) is 22.7. The predicted octanol–water partition coefficient (Wildman–Crippen LogP) is 4.39. The molecule has 0 unspecified atom stereocenters. The molecule has 1 aliphatic heterocycles. The number of hydrogen-bond acceptors (Lipinski definition) is 3. The Bertz CT molecular complexity index is 1010. The van der Waals surface area contributed by atoms with Crippen LogP contribution in [0, 0.1) is 12.7 Å². The van der Waals surface area contributed by atoms with Gasteiger partial charge in [0.15, 0.2) is 0 Å². The van der Waals surface area contributed by atoms with Crippen molar-refractivity contribution >= 4 is 11.6 Å². The Morgan fingerprint density at radius 3 is 2.29 bits per heavy atom. The zero-order valence-electron chi connectivity index (χ0n) is 17.9. The van der Waals surface area contributed by atoms with Crippen LogP contribution in [-0.2, 0) is 13.1 Å². The number of carbonyl (C=O) groups is 1. The van der Waals surface area contributed by atoms with Crippen molar-refractivity contribution in [3.05, 3.63) is 101 Å². The van der Waals surface area contributed by atoms with E-state index in [0.29, 0.717) is 12.1 Å². The third-order valence-corrected chi connectivity index (χ3v) is 5.72. The van der Waals surface area contributed by atoms with E-state index in [1.165, 1.54) is 23.3 Å². The van der Waals surface area contributed by atoms with Gasteiger partial charge in [-0.25, -0.2) is 4.39 Å². The number of benzene rings is 3. The summed E-state index contributed by atoms with van der Waals surface area (Å²) < 4.78 is 13.1.